The van der Waals surface area contributed by atoms with Crippen LogP contribution in [0, 0.1) is 18.6 Å². The van der Waals surface area contributed by atoms with Crippen molar-refractivity contribution in [3.8, 4) is 0 Å². The van der Waals surface area contributed by atoms with E-state index in [0.717, 1.165) is 12.1 Å². The van der Waals surface area contributed by atoms with Crippen LogP contribution >= 0.6 is 11.6 Å². The average molecular weight is 286 g/mol. The number of hydrogen-bond acceptors (Lipinski definition) is 5. The molecule has 0 atom stereocenters. The summed E-state index contributed by atoms with van der Waals surface area (Å²) in [5.41, 5.74) is 2.83. The summed E-state index contributed by atoms with van der Waals surface area (Å²) in [6, 6.07) is 3.30. The van der Waals surface area contributed by atoms with Crippen molar-refractivity contribution in [1.82, 2.24) is 9.97 Å². The Balaban J connectivity index is 2.39. The normalized spacial score (nSPS) is 10.4. The molecule has 0 unspecified atom stereocenters. The number of aryl methyl sites for hydroxylation is 1. The van der Waals surface area contributed by atoms with E-state index in [1.807, 2.05) is 0 Å². The second-order valence-corrected chi connectivity index (χ2v) is 4.14. The summed E-state index contributed by atoms with van der Waals surface area (Å²) in [5, 5.41) is 2.58. The number of nitrogens with two attached hydrogens (primary N) is 1. The van der Waals surface area contributed by atoms with Gasteiger partial charge < -0.3 is 5.32 Å². The summed E-state index contributed by atoms with van der Waals surface area (Å²) in [6.45, 7) is 1.72. The van der Waals surface area contributed by atoms with Crippen molar-refractivity contribution in [1.29, 1.82) is 0 Å². The maximum atomic E-state index is 13.6. The smallest absolute Gasteiger partial charge is 0.239 e. The highest BCUT2D eigenvalue weighted by molar-refractivity contribution is 6.33. The zero-order valence-corrected chi connectivity index (χ0v) is 10.6. The molecule has 8 heteroatoms. The fourth-order valence-electron chi connectivity index (χ4n) is 1.49. The van der Waals surface area contributed by atoms with Gasteiger partial charge in [-0.3, -0.25) is 5.43 Å². The molecule has 0 saturated carbocycles. The van der Waals surface area contributed by atoms with Crippen LogP contribution in [0.1, 0.15) is 5.69 Å². The number of halogens is 3. The van der Waals surface area contributed by atoms with Gasteiger partial charge in [0.05, 0.1) is 10.7 Å². The van der Waals surface area contributed by atoms with E-state index >= 15 is 0 Å². The number of anilines is 3. The van der Waals surface area contributed by atoms with Crippen molar-refractivity contribution < 1.29 is 8.78 Å². The standard InChI is InChI=1S/C11H10ClF2N5/c1-5-2-9(18-11(16-5)19-15)17-10-7(12)3-6(13)4-8(10)14/h2-4H,15H2,1H3,(H2,16,17,18,19). The summed E-state index contributed by atoms with van der Waals surface area (Å²) in [7, 11) is 0. The molecule has 0 radical (unpaired) electrons. The lowest BCUT2D eigenvalue weighted by atomic mass is 10.3. The highest BCUT2D eigenvalue weighted by Gasteiger charge is 2.11. The van der Waals surface area contributed by atoms with E-state index in [-0.39, 0.29) is 22.5 Å². The van der Waals surface area contributed by atoms with E-state index in [1.165, 1.54) is 0 Å². The number of benzene rings is 1. The molecule has 0 fully saturated rings. The number of nitrogen functional groups attached to an aromatic ring is 1. The Labute approximate surface area is 112 Å². The van der Waals surface area contributed by atoms with Crippen LogP contribution in [0.3, 0.4) is 0 Å². The molecule has 1 aromatic carbocycles. The van der Waals surface area contributed by atoms with Crippen molar-refractivity contribution in [2.75, 3.05) is 10.7 Å². The van der Waals surface area contributed by atoms with Crippen LogP contribution < -0.4 is 16.6 Å². The van der Waals surface area contributed by atoms with Crippen LogP contribution in [-0.4, -0.2) is 9.97 Å². The van der Waals surface area contributed by atoms with Crippen LogP contribution in [0.4, 0.5) is 26.2 Å². The Bertz CT molecular complexity index is 597. The van der Waals surface area contributed by atoms with Crippen molar-refractivity contribution in [2.24, 2.45) is 5.84 Å². The molecular formula is C11H10ClF2N5. The van der Waals surface area contributed by atoms with Gasteiger partial charge in [-0.2, -0.15) is 4.98 Å². The van der Waals surface area contributed by atoms with Crippen LogP contribution in [0.5, 0.6) is 0 Å². The monoisotopic (exact) mass is 285 g/mol. The van der Waals surface area contributed by atoms with Crippen LogP contribution in [0.15, 0.2) is 18.2 Å². The van der Waals surface area contributed by atoms with Gasteiger partial charge in [0.2, 0.25) is 5.95 Å². The van der Waals surface area contributed by atoms with Gasteiger partial charge >= 0.3 is 0 Å². The first-order chi connectivity index (χ1) is 8.99. The van der Waals surface area contributed by atoms with E-state index in [9.17, 15) is 8.78 Å². The second-order valence-electron chi connectivity index (χ2n) is 3.73. The second kappa shape index (κ2) is 5.33. The van der Waals surface area contributed by atoms with Gasteiger partial charge in [-0.15, -0.1) is 0 Å². The highest BCUT2D eigenvalue weighted by atomic mass is 35.5. The zero-order chi connectivity index (χ0) is 14.0. The number of nitrogens with zero attached hydrogens (tertiary/aromatic N) is 2. The Hall–Kier alpha value is -1.99. The topological polar surface area (TPSA) is 75.9 Å². The lowest BCUT2D eigenvalue weighted by molar-refractivity contribution is 0.586. The molecule has 0 aliphatic heterocycles. The van der Waals surface area contributed by atoms with Gasteiger partial charge in [-0.25, -0.2) is 19.6 Å². The van der Waals surface area contributed by atoms with Crippen LogP contribution in [0.2, 0.25) is 5.02 Å². The minimum absolute atomic E-state index is 0.0656. The van der Waals surface area contributed by atoms with Gasteiger partial charge in [0.15, 0.2) is 5.82 Å². The van der Waals surface area contributed by atoms with Crippen molar-refractivity contribution in [2.45, 2.75) is 6.92 Å². The van der Waals surface area contributed by atoms with Gasteiger partial charge in [0.25, 0.3) is 0 Å². The predicted molar refractivity (Wildman–Crippen MR) is 69.2 cm³/mol. The van der Waals surface area contributed by atoms with Gasteiger partial charge in [0, 0.05) is 17.8 Å². The van der Waals surface area contributed by atoms with Crippen LogP contribution in [0.25, 0.3) is 0 Å². The minimum Gasteiger partial charge on any atom is -0.336 e. The van der Waals surface area contributed by atoms with E-state index in [4.69, 9.17) is 17.4 Å². The number of nitrogens with one attached hydrogen (secondary N) is 2. The SMILES string of the molecule is Cc1cc(Nc2c(F)cc(F)cc2Cl)nc(NN)n1. The molecule has 2 rings (SSSR count). The number of hydrogen-bond donors (Lipinski definition) is 3. The fraction of sp³-hybridized carbons (Fsp3) is 0.0909. The van der Waals surface area contributed by atoms with E-state index in [1.54, 1.807) is 13.0 Å². The Kier molecular flexibility index (Phi) is 3.77. The molecule has 0 spiro atoms. The molecule has 0 saturated heterocycles. The molecule has 0 bridgehead atoms. The summed E-state index contributed by atoms with van der Waals surface area (Å²) >= 11 is 5.77. The van der Waals surface area contributed by atoms with Gasteiger partial charge in [-0.05, 0) is 13.0 Å². The molecule has 0 amide bonds. The predicted octanol–water partition coefficient (Wildman–Crippen LogP) is 2.75. The molecule has 0 aliphatic carbocycles. The van der Waals surface area contributed by atoms with E-state index in [0.29, 0.717) is 5.69 Å². The summed E-state index contributed by atoms with van der Waals surface area (Å²) in [5.74, 6) is 4.09. The first-order valence-corrected chi connectivity index (χ1v) is 5.61. The first-order valence-electron chi connectivity index (χ1n) is 5.23. The lowest BCUT2D eigenvalue weighted by Crippen LogP contribution is -2.12. The van der Waals surface area contributed by atoms with Crippen molar-refractivity contribution in [3.05, 3.63) is 40.6 Å². The number of rotatable bonds is 3. The van der Waals surface area contributed by atoms with Gasteiger partial charge in [0.1, 0.15) is 11.6 Å². The summed E-state index contributed by atoms with van der Waals surface area (Å²) in [6.07, 6.45) is 0. The third-order valence-electron chi connectivity index (χ3n) is 2.24. The average Bonchev–Trinajstić information content (AvgIpc) is 2.33. The Morgan fingerprint density at radius 2 is 1.95 bits per heavy atom. The third-order valence-corrected chi connectivity index (χ3v) is 2.54. The molecule has 1 heterocycles. The van der Waals surface area contributed by atoms with Gasteiger partial charge in [-0.1, -0.05) is 11.6 Å². The Morgan fingerprint density at radius 1 is 1.21 bits per heavy atom. The fourth-order valence-corrected chi connectivity index (χ4v) is 1.73. The molecule has 0 aliphatic rings. The van der Waals surface area contributed by atoms with Crippen molar-refractivity contribution in [3.63, 3.8) is 0 Å². The molecular weight excluding hydrogens is 276 g/mol. The van der Waals surface area contributed by atoms with Crippen LogP contribution in [-0.2, 0) is 0 Å². The Morgan fingerprint density at radius 3 is 2.58 bits per heavy atom. The maximum Gasteiger partial charge on any atom is 0.239 e. The number of aromatic nitrogens is 2. The molecule has 2 aromatic rings. The third kappa shape index (κ3) is 3.07. The first kappa shape index (κ1) is 13.4. The highest BCUT2D eigenvalue weighted by Crippen LogP contribution is 2.29. The molecule has 5 nitrogen and oxygen atoms in total. The lowest BCUT2D eigenvalue weighted by Gasteiger charge is -2.10. The maximum absolute atomic E-state index is 13.6. The van der Waals surface area contributed by atoms with Crippen molar-refractivity contribution >= 4 is 29.1 Å². The quantitative estimate of drug-likeness (QED) is 0.597. The molecule has 1 aromatic heterocycles. The molecule has 100 valence electrons. The minimum atomic E-state index is -0.816. The largest absolute Gasteiger partial charge is 0.336 e. The molecule has 4 N–H and O–H groups in total. The summed E-state index contributed by atoms with van der Waals surface area (Å²) < 4.78 is 26.5. The molecule has 19 heavy (non-hydrogen) atoms. The van der Waals surface area contributed by atoms with E-state index in [2.05, 4.69) is 20.7 Å². The van der Waals surface area contributed by atoms with E-state index < -0.39 is 11.6 Å². The number of hydrazine groups is 1. The summed E-state index contributed by atoms with van der Waals surface area (Å²) in [4.78, 5) is 7.95. The zero-order valence-electron chi connectivity index (χ0n) is 9.84.